The second-order valence-corrected chi connectivity index (χ2v) is 7.51. The summed E-state index contributed by atoms with van der Waals surface area (Å²) in [6.45, 7) is 4.26. The van der Waals surface area contributed by atoms with Gasteiger partial charge in [0.15, 0.2) is 5.76 Å². The molecule has 0 saturated carbocycles. The van der Waals surface area contributed by atoms with Crippen molar-refractivity contribution in [1.29, 1.82) is 0 Å². The molecule has 0 fully saturated rings. The van der Waals surface area contributed by atoms with Gasteiger partial charge in [-0.25, -0.2) is 4.79 Å². The van der Waals surface area contributed by atoms with Crippen LogP contribution >= 0.6 is 0 Å². The number of hydrogen-bond donors (Lipinski definition) is 0. The van der Waals surface area contributed by atoms with Crippen molar-refractivity contribution in [1.82, 2.24) is 0 Å². The highest BCUT2D eigenvalue weighted by molar-refractivity contribution is 6.14. The van der Waals surface area contributed by atoms with Crippen LogP contribution in [0, 0.1) is 0 Å². The number of para-hydroxylation sites is 1. The van der Waals surface area contributed by atoms with E-state index in [1.54, 1.807) is 48.5 Å². The molecule has 1 aliphatic heterocycles. The lowest BCUT2D eigenvalue weighted by molar-refractivity contribution is 0.0731. The summed E-state index contributed by atoms with van der Waals surface area (Å²) in [5, 5.41) is 0. The minimum absolute atomic E-state index is 0.203. The summed E-state index contributed by atoms with van der Waals surface area (Å²) >= 11 is 0. The van der Waals surface area contributed by atoms with E-state index in [0.717, 1.165) is 5.56 Å². The molecule has 5 nitrogen and oxygen atoms in total. The summed E-state index contributed by atoms with van der Waals surface area (Å²) in [4.78, 5) is 25.2. The lowest BCUT2D eigenvalue weighted by atomic mass is 10.0. The Bertz CT molecular complexity index is 1170. The second-order valence-electron chi connectivity index (χ2n) is 7.51. The maximum Gasteiger partial charge on any atom is 0.347 e. The minimum Gasteiger partial charge on any atom is -0.496 e. The third-order valence-electron chi connectivity index (χ3n) is 5.08. The molecular formula is C26H22O5. The summed E-state index contributed by atoms with van der Waals surface area (Å²) in [5.74, 6) is 0.986. The molecule has 31 heavy (non-hydrogen) atoms. The van der Waals surface area contributed by atoms with Crippen molar-refractivity contribution in [3.8, 4) is 17.2 Å². The summed E-state index contributed by atoms with van der Waals surface area (Å²) in [7, 11) is 1.49. The fourth-order valence-electron chi connectivity index (χ4n) is 3.33. The normalized spacial score (nSPS) is 13.8. The van der Waals surface area contributed by atoms with E-state index in [1.165, 1.54) is 12.7 Å². The molecule has 0 aromatic heterocycles. The molecule has 1 heterocycles. The quantitative estimate of drug-likeness (QED) is 0.307. The zero-order valence-corrected chi connectivity index (χ0v) is 17.5. The lowest BCUT2D eigenvalue weighted by Crippen LogP contribution is -2.10. The van der Waals surface area contributed by atoms with Crippen molar-refractivity contribution < 1.29 is 23.8 Å². The first kappa shape index (κ1) is 20.4. The van der Waals surface area contributed by atoms with Gasteiger partial charge in [0.1, 0.15) is 22.8 Å². The standard InChI is InChI=1S/C26H22O5/c1-16(2)18-10-8-17(9-11-18)14-24-25(27)20-13-12-19(15-23(20)31-24)30-26(28)21-6-4-5-7-22(21)29-3/h4-16H,1-3H3. The number of carbonyl (C=O) groups is 2. The average molecular weight is 414 g/mol. The molecule has 0 N–H and O–H groups in total. The van der Waals surface area contributed by atoms with E-state index in [2.05, 4.69) is 13.8 Å². The summed E-state index contributed by atoms with van der Waals surface area (Å²) in [5.41, 5.74) is 2.85. The van der Waals surface area contributed by atoms with Gasteiger partial charge in [0.2, 0.25) is 5.78 Å². The average Bonchev–Trinajstić information content (AvgIpc) is 3.08. The molecule has 5 heteroatoms. The van der Waals surface area contributed by atoms with E-state index in [4.69, 9.17) is 14.2 Å². The fourth-order valence-corrected chi connectivity index (χ4v) is 3.33. The second kappa shape index (κ2) is 8.48. The Labute approximate surface area is 180 Å². The van der Waals surface area contributed by atoms with Crippen molar-refractivity contribution in [3.05, 3.63) is 94.7 Å². The van der Waals surface area contributed by atoms with Crippen LogP contribution in [0.25, 0.3) is 6.08 Å². The maximum atomic E-state index is 12.7. The number of Topliss-reactive ketones (excluding diaryl/α,β-unsaturated/α-hetero) is 1. The van der Waals surface area contributed by atoms with Gasteiger partial charge in [-0.2, -0.15) is 0 Å². The van der Waals surface area contributed by atoms with Gasteiger partial charge in [0.05, 0.1) is 12.7 Å². The predicted octanol–water partition coefficient (Wildman–Crippen LogP) is 5.65. The molecule has 1 aliphatic rings. The van der Waals surface area contributed by atoms with Crippen molar-refractivity contribution in [2.75, 3.05) is 7.11 Å². The third kappa shape index (κ3) is 4.21. The summed E-state index contributed by atoms with van der Waals surface area (Å²) < 4.78 is 16.4. The van der Waals surface area contributed by atoms with Crippen molar-refractivity contribution in [3.63, 3.8) is 0 Å². The van der Waals surface area contributed by atoms with Crippen molar-refractivity contribution in [2.24, 2.45) is 0 Å². The van der Waals surface area contributed by atoms with E-state index < -0.39 is 5.97 Å². The van der Waals surface area contributed by atoms with E-state index in [0.29, 0.717) is 28.5 Å². The molecule has 0 aliphatic carbocycles. The number of allylic oxidation sites excluding steroid dienone is 1. The van der Waals surface area contributed by atoms with Crippen LogP contribution in [-0.2, 0) is 0 Å². The SMILES string of the molecule is COc1ccccc1C(=O)Oc1ccc2c(c1)OC(=Cc1ccc(C(C)C)cc1)C2=O. The zero-order chi connectivity index (χ0) is 22.0. The summed E-state index contributed by atoms with van der Waals surface area (Å²) in [6.07, 6.45) is 1.72. The predicted molar refractivity (Wildman–Crippen MR) is 118 cm³/mol. The highest BCUT2D eigenvalue weighted by Gasteiger charge is 2.28. The highest BCUT2D eigenvalue weighted by atomic mass is 16.5. The molecule has 0 atom stereocenters. The van der Waals surface area contributed by atoms with Crippen LogP contribution in [0.4, 0.5) is 0 Å². The van der Waals surface area contributed by atoms with Crippen molar-refractivity contribution >= 4 is 17.8 Å². The van der Waals surface area contributed by atoms with Crippen LogP contribution < -0.4 is 14.2 Å². The smallest absolute Gasteiger partial charge is 0.347 e. The van der Waals surface area contributed by atoms with Gasteiger partial charge < -0.3 is 14.2 Å². The molecule has 3 aromatic rings. The number of methoxy groups -OCH3 is 1. The van der Waals surface area contributed by atoms with Crippen LogP contribution in [0.15, 0.2) is 72.5 Å². The van der Waals surface area contributed by atoms with Crippen LogP contribution in [0.3, 0.4) is 0 Å². The number of esters is 1. The molecule has 0 spiro atoms. The third-order valence-corrected chi connectivity index (χ3v) is 5.08. The molecule has 156 valence electrons. The van der Waals surface area contributed by atoms with Crippen molar-refractivity contribution in [2.45, 2.75) is 19.8 Å². The summed E-state index contributed by atoms with van der Waals surface area (Å²) in [6, 6.07) is 19.5. The van der Waals surface area contributed by atoms with Crippen LogP contribution in [0.1, 0.15) is 51.6 Å². The molecule has 0 radical (unpaired) electrons. The fraction of sp³-hybridized carbons (Fsp3) is 0.154. The molecule has 0 unspecified atom stereocenters. The largest absolute Gasteiger partial charge is 0.496 e. The van der Waals surface area contributed by atoms with Gasteiger partial charge in [0, 0.05) is 6.07 Å². The highest BCUT2D eigenvalue weighted by Crippen LogP contribution is 2.35. The van der Waals surface area contributed by atoms with Gasteiger partial charge in [-0.3, -0.25) is 4.79 Å². The van der Waals surface area contributed by atoms with Gasteiger partial charge in [-0.05, 0) is 47.4 Å². The minimum atomic E-state index is -0.553. The Morgan fingerprint density at radius 1 is 1.00 bits per heavy atom. The lowest BCUT2D eigenvalue weighted by Gasteiger charge is -2.08. The Morgan fingerprint density at radius 3 is 2.45 bits per heavy atom. The Morgan fingerprint density at radius 2 is 1.74 bits per heavy atom. The van der Waals surface area contributed by atoms with Crippen LogP contribution in [0.5, 0.6) is 17.2 Å². The first-order chi connectivity index (χ1) is 15.0. The van der Waals surface area contributed by atoms with Gasteiger partial charge in [0.25, 0.3) is 0 Å². The Kier molecular flexibility index (Phi) is 5.58. The Hall–Kier alpha value is -3.86. The van der Waals surface area contributed by atoms with E-state index >= 15 is 0 Å². The first-order valence-corrected chi connectivity index (χ1v) is 9.99. The number of rotatable bonds is 5. The topological polar surface area (TPSA) is 61.8 Å². The zero-order valence-electron chi connectivity index (χ0n) is 17.5. The molecule has 0 saturated heterocycles. The number of hydrogen-bond acceptors (Lipinski definition) is 5. The molecule has 4 rings (SSSR count). The number of ether oxygens (including phenoxy) is 3. The number of ketones is 1. The van der Waals surface area contributed by atoms with Gasteiger partial charge in [-0.15, -0.1) is 0 Å². The van der Waals surface area contributed by atoms with Gasteiger partial charge >= 0.3 is 5.97 Å². The van der Waals surface area contributed by atoms with E-state index in [1.807, 2.05) is 24.3 Å². The van der Waals surface area contributed by atoms with Crippen LogP contribution in [-0.4, -0.2) is 18.9 Å². The molecular weight excluding hydrogens is 392 g/mol. The Balaban J connectivity index is 1.53. The first-order valence-electron chi connectivity index (χ1n) is 9.99. The van der Waals surface area contributed by atoms with Crippen LogP contribution in [0.2, 0.25) is 0 Å². The molecule has 3 aromatic carbocycles. The number of carbonyl (C=O) groups excluding carboxylic acids is 2. The molecule has 0 bridgehead atoms. The van der Waals surface area contributed by atoms with Gasteiger partial charge in [-0.1, -0.05) is 50.2 Å². The number of fused-ring (bicyclic) bond motifs is 1. The van der Waals surface area contributed by atoms with E-state index in [-0.39, 0.29) is 17.3 Å². The monoisotopic (exact) mass is 414 g/mol. The number of benzene rings is 3. The maximum absolute atomic E-state index is 12.7. The van der Waals surface area contributed by atoms with E-state index in [9.17, 15) is 9.59 Å². The molecule has 0 amide bonds.